The lowest BCUT2D eigenvalue weighted by molar-refractivity contribution is -0.139. The van der Waals surface area contributed by atoms with Crippen LogP contribution in [-0.2, 0) is 11.3 Å². The van der Waals surface area contributed by atoms with Gasteiger partial charge >= 0.3 is 0 Å². The van der Waals surface area contributed by atoms with Crippen LogP contribution in [0.3, 0.4) is 0 Å². The molecule has 26 heavy (non-hydrogen) atoms. The maximum absolute atomic E-state index is 12.2. The first-order valence-corrected chi connectivity index (χ1v) is 9.72. The molecule has 0 radical (unpaired) electrons. The molecule has 1 amide bonds. The third-order valence-corrected chi connectivity index (χ3v) is 5.84. The second-order valence-corrected chi connectivity index (χ2v) is 7.96. The highest BCUT2D eigenvalue weighted by atomic mass is 16.3. The Kier molecular flexibility index (Phi) is 6.09. The molecule has 1 aromatic carbocycles. The first kappa shape index (κ1) is 19.1. The number of aliphatic hydroxyl groups is 1. The summed E-state index contributed by atoms with van der Waals surface area (Å²) in [7, 11) is 0. The minimum atomic E-state index is 0.100. The van der Waals surface area contributed by atoms with E-state index in [0.29, 0.717) is 19.4 Å². The second-order valence-electron chi connectivity index (χ2n) is 7.96. The molecule has 0 unspecified atom stereocenters. The lowest BCUT2D eigenvalue weighted by Gasteiger charge is -2.48. The van der Waals surface area contributed by atoms with Gasteiger partial charge in [-0.25, -0.2) is 0 Å². The van der Waals surface area contributed by atoms with Gasteiger partial charge in [-0.05, 0) is 44.7 Å². The van der Waals surface area contributed by atoms with Crippen LogP contribution in [0.15, 0.2) is 24.3 Å². The number of rotatable bonds is 6. The molecule has 2 fully saturated rings. The van der Waals surface area contributed by atoms with Gasteiger partial charge in [-0.3, -0.25) is 14.5 Å². The summed E-state index contributed by atoms with van der Waals surface area (Å²) in [6.07, 6.45) is 4.60. The van der Waals surface area contributed by atoms with Gasteiger partial charge in [0.25, 0.3) is 0 Å². The predicted octanol–water partition coefficient (Wildman–Crippen LogP) is 2.48. The quantitative estimate of drug-likeness (QED) is 0.794. The summed E-state index contributed by atoms with van der Waals surface area (Å²) in [6, 6.07) is 7.92. The maximum atomic E-state index is 12.2. The lowest BCUT2D eigenvalue weighted by atomic mass is 9.73. The van der Waals surface area contributed by atoms with Gasteiger partial charge in [0.15, 0.2) is 5.78 Å². The van der Waals surface area contributed by atoms with E-state index in [-0.39, 0.29) is 23.7 Å². The van der Waals surface area contributed by atoms with E-state index in [0.717, 1.165) is 44.6 Å². The maximum Gasteiger partial charge on any atom is 0.222 e. The van der Waals surface area contributed by atoms with E-state index < -0.39 is 0 Å². The molecule has 5 heteroatoms. The van der Waals surface area contributed by atoms with E-state index in [2.05, 4.69) is 17.0 Å². The Balaban J connectivity index is 1.62. The highest BCUT2D eigenvalue weighted by molar-refractivity contribution is 5.94. The molecule has 0 saturated carbocycles. The highest BCUT2D eigenvalue weighted by Gasteiger charge is 2.41. The van der Waals surface area contributed by atoms with Gasteiger partial charge in [-0.15, -0.1) is 0 Å². The number of hydrogen-bond donors (Lipinski definition) is 1. The number of ketones is 1. The third-order valence-electron chi connectivity index (χ3n) is 5.84. The molecule has 2 aliphatic heterocycles. The number of carbonyl (C=O) groups is 2. The first-order chi connectivity index (χ1) is 12.5. The largest absolute Gasteiger partial charge is 0.396 e. The SMILES string of the molecule is CC(=O)c1ccc(CN2CCC[C@]3(CCC(=O)N(CCCO)C3)C2)cc1. The topological polar surface area (TPSA) is 60.9 Å². The van der Waals surface area contributed by atoms with Crippen molar-refractivity contribution >= 4 is 11.7 Å². The molecule has 1 atom stereocenters. The molecule has 1 spiro atoms. The zero-order valence-corrected chi connectivity index (χ0v) is 15.7. The van der Waals surface area contributed by atoms with E-state index in [1.54, 1.807) is 6.92 Å². The van der Waals surface area contributed by atoms with Crippen molar-refractivity contribution < 1.29 is 14.7 Å². The number of hydrogen-bond acceptors (Lipinski definition) is 4. The monoisotopic (exact) mass is 358 g/mol. The number of amides is 1. The van der Waals surface area contributed by atoms with E-state index >= 15 is 0 Å². The van der Waals surface area contributed by atoms with Crippen molar-refractivity contribution in [3.63, 3.8) is 0 Å². The van der Waals surface area contributed by atoms with Crippen molar-refractivity contribution in [2.24, 2.45) is 5.41 Å². The molecule has 0 aromatic heterocycles. The Morgan fingerprint density at radius 2 is 1.96 bits per heavy atom. The van der Waals surface area contributed by atoms with E-state index in [1.165, 1.54) is 12.0 Å². The Hall–Kier alpha value is -1.72. The van der Waals surface area contributed by atoms with Crippen LogP contribution >= 0.6 is 0 Å². The van der Waals surface area contributed by atoms with Crippen molar-refractivity contribution in [3.8, 4) is 0 Å². The van der Waals surface area contributed by atoms with E-state index in [1.807, 2.05) is 17.0 Å². The number of likely N-dealkylation sites (tertiary alicyclic amines) is 2. The normalized spacial score (nSPS) is 24.2. The van der Waals surface area contributed by atoms with Gasteiger partial charge in [-0.2, -0.15) is 0 Å². The van der Waals surface area contributed by atoms with Gasteiger partial charge in [0.05, 0.1) is 0 Å². The third kappa shape index (κ3) is 4.51. The van der Waals surface area contributed by atoms with Crippen LogP contribution in [0.5, 0.6) is 0 Å². The summed E-state index contributed by atoms with van der Waals surface area (Å²) >= 11 is 0. The van der Waals surface area contributed by atoms with Crippen molar-refractivity contribution in [2.45, 2.75) is 45.6 Å². The molecule has 0 bridgehead atoms. The Labute approximate surface area is 156 Å². The number of aliphatic hydroxyl groups excluding tert-OH is 1. The molecule has 1 N–H and O–H groups in total. The fourth-order valence-corrected chi connectivity index (χ4v) is 4.45. The summed E-state index contributed by atoms with van der Waals surface area (Å²) < 4.78 is 0. The summed E-state index contributed by atoms with van der Waals surface area (Å²) in [5, 5.41) is 9.08. The second kappa shape index (κ2) is 8.31. The van der Waals surface area contributed by atoms with Crippen LogP contribution in [0.2, 0.25) is 0 Å². The average Bonchev–Trinajstić information content (AvgIpc) is 2.63. The number of benzene rings is 1. The van der Waals surface area contributed by atoms with Crippen LogP contribution in [0.1, 0.15) is 54.9 Å². The average molecular weight is 358 g/mol. The standard InChI is InChI=1S/C21H30N2O3/c1-17(25)19-6-4-18(5-7-19)14-22-11-2-9-21(15-22)10-8-20(26)23(16-21)12-3-13-24/h4-7,24H,2-3,8-16H2,1H3/t21-/m0/s1. The van der Waals surface area contributed by atoms with Crippen molar-refractivity contribution in [1.29, 1.82) is 0 Å². The van der Waals surface area contributed by atoms with Crippen molar-refractivity contribution in [2.75, 3.05) is 32.8 Å². The predicted molar refractivity (Wildman–Crippen MR) is 101 cm³/mol. The van der Waals surface area contributed by atoms with E-state index in [4.69, 9.17) is 5.11 Å². The summed E-state index contributed by atoms with van der Waals surface area (Å²) in [6.45, 7) is 6.22. The fourth-order valence-electron chi connectivity index (χ4n) is 4.45. The summed E-state index contributed by atoms with van der Waals surface area (Å²) in [4.78, 5) is 28.1. The van der Waals surface area contributed by atoms with Gasteiger partial charge < -0.3 is 10.0 Å². The van der Waals surface area contributed by atoms with Crippen molar-refractivity contribution in [1.82, 2.24) is 9.80 Å². The number of piperidine rings is 2. The van der Waals surface area contributed by atoms with Gasteiger partial charge in [0.1, 0.15) is 0 Å². The minimum Gasteiger partial charge on any atom is -0.396 e. The first-order valence-electron chi connectivity index (χ1n) is 9.72. The minimum absolute atomic E-state index is 0.100. The lowest BCUT2D eigenvalue weighted by Crippen LogP contribution is -2.54. The molecule has 0 aliphatic carbocycles. The van der Waals surface area contributed by atoms with Crippen LogP contribution in [0, 0.1) is 5.41 Å². The molecule has 5 nitrogen and oxygen atoms in total. The van der Waals surface area contributed by atoms with Crippen LogP contribution in [0.25, 0.3) is 0 Å². The van der Waals surface area contributed by atoms with Gasteiger partial charge in [-0.1, -0.05) is 24.3 Å². The Bertz CT molecular complexity index is 643. The van der Waals surface area contributed by atoms with Crippen LogP contribution < -0.4 is 0 Å². The molecular formula is C21H30N2O3. The number of carbonyl (C=O) groups excluding carboxylic acids is 2. The van der Waals surface area contributed by atoms with E-state index in [9.17, 15) is 9.59 Å². The van der Waals surface area contributed by atoms with Gasteiger partial charge in [0, 0.05) is 50.2 Å². The molecule has 142 valence electrons. The molecule has 2 heterocycles. The zero-order valence-electron chi connectivity index (χ0n) is 15.7. The van der Waals surface area contributed by atoms with Crippen LogP contribution in [0.4, 0.5) is 0 Å². The number of Topliss-reactive ketones (excluding diaryl/α,β-unsaturated/α-hetero) is 1. The number of nitrogens with zero attached hydrogens (tertiary/aromatic N) is 2. The molecule has 2 saturated heterocycles. The molecular weight excluding hydrogens is 328 g/mol. The Morgan fingerprint density at radius 1 is 1.19 bits per heavy atom. The molecule has 3 rings (SSSR count). The zero-order chi connectivity index (χ0) is 18.6. The summed E-state index contributed by atoms with van der Waals surface area (Å²) in [5.41, 5.74) is 2.19. The van der Waals surface area contributed by atoms with Crippen molar-refractivity contribution in [3.05, 3.63) is 35.4 Å². The Morgan fingerprint density at radius 3 is 2.65 bits per heavy atom. The molecule has 2 aliphatic rings. The van der Waals surface area contributed by atoms with Crippen LogP contribution in [-0.4, -0.2) is 59.4 Å². The summed E-state index contributed by atoms with van der Waals surface area (Å²) in [5.74, 6) is 0.337. The highest BCUT2D eigenvalue weighted by Crippen LogP contribution is 2.39. The smallest absolute Gasteiger partial charge is 0.222 e. The molecule has 1 aromatic rings. The fraction of sp³-hybridized carbons (Fsp3) is 0.619. The van der Waals surface area contributed by atoms with Gasteiger partial charge in [0.2, 0.25) is 5.91 Å².